The minimum atomic E-state index is 0. The molecular weight excluding hydrogens is 417 g/mol. The van der Waals surface area contributed by atoms with Crippen LogP contribution < -0.4 is 15.4 Å². The van der Waals surface area contributed by atoms with E-state index >= 15 is 0 Å². The van der Waals surface area contributed by atoms with E-state index in [4.69, 9.17) is 9.47 Å². The molecular formula is C18H30IN3O2. The monoisotopic (exact) mass is 447 g/mol. The molecule has 0 aliphatic heterocycles. The van der Waals surface area contributed by atoms with Gasteiger partial charge in [0.25, 0.3) is 0 Å². The van der Waals surface area contributed by atoms with E-state index in [2.05, 4.69) is 40.7 Å². The van der Waals surface area contributed by atoms with Gasteiger partial charge in [-0.05, 0) is 44.2 Å². The van der Waals surface area contributed by atoms with Gasteiger partial charge in [-0.25, -0.2) is 0 Å². The molecule has 136 valence electrons. The number of rotatable bonds is 9. The molecule has 0 aromatic heterocycles. The van der Waals surface area contributed by atoms with Crippen LogP contribution in [0.1, 0.15) is 30.9 Å². The molecule has 5 nitrogen and oxygen atoms in total. The van der Waals surface area contributed by atoms with E-state index in [-0.39, 0.29) is 24.0 Å². The normalized spacial score (nSPS) is 14.0. The highest BCUT2D eigenvalue weighted by atomic mass is 127. The fourth-order valence-electron chi connectivity index (χ4n) is 2.26. The number of nitrogens with one attached hydrogen (secondary N) is 2. The van der Waals surface area contributed by atoms with Gasteiger partial charge in [0.1, 0.15) is 12.4 Å². The molecule has 0 amide bonds. The topological polar surface area (TPSA) is 54.9 Å². The van der Waals surface area contributed by atoms with Gasteiger partial charge in [0.05, 0.1) is 6.61 Å². The fourth-order valence-corrected chi connectivity index (χ4v) is 2.26. The number of benzene rings is 1. The van der Waals surface area contributed by atoms with E-state index in [0.29, 0.717) is 26.4 Å². The van der Waals surface area contributed by atoms with Crippen molar-refractivity contribution in [1.82, 2.24) is 10.6 Å². The lowest BCUT2D eigenvalue weighted by Gasteiger charge is -2.15. The van der Waals surface area contributed by atoms with Gasteiger partial charge >= 0.3 is 0 Å². The summed E-state index contributed by atoms with van der Waals surface area (Å²) in [6, 6.07) is 6.28. The Bertz CT molecular complexity index is 519. The third kappa shape index (κ3) is 7.70. The van der Waals surface area contributed by atoms with Gasteiger partial charge < -0.3 is 20.1 Å². The molecule has 0 radical (unpaired) electrons. The number of hydrogen-bond acceptors (Lipinski definition) is 3. The maximum absolute atomic E-state index is 5.87. The zero-order chi connectivity index (χ0) is 16.5. The predicted molar refractivity (Wildman–Crippen MR) is 110 cm³/mol. The Morgan fingerprint density at radius 3 is 2.71 bits per heavy atom. The van der Waals surface area contributed by atoms with Crippen LogP contribution in [0.4, 0.5) is 0 Å². The standard InChI is InChI=1S/C18H29N3O2.HI/c1-4-22-9-10-23-17-11-14(2)5-8-16(17)13-21-18(19-3)20-12-15-6-7-15;/h5,8,11,15H,4,6-7,9-10,12-13H2,1-3H3,(H2,19,20,21);1H. The van der Waals surface area contributed by atoms with Crippen molar-refractivity contribution in [3.05, 3.63) is 29.3 Å². The molecule has 1 aliphatic carbocycles. The van der Waals surface area contributed by atoms with Crippen LogP contribution in [0.25, 0.3) is 0 Å². The van der Waals surface area contributed by atoms with E-state index in [1.54, 1.807) is 7.05 Å². The van der Waals surface area contributed by atoms with Gasteiger partial charge in [-0.15, -0.1) is 24.0 Å². The summed E-state index contributed by atoms with van der Waals surface area (Å²) in [5.41, 5.74) is 2.32. The van der Waals surface area contributed by atoms with Crippen molar-refractivity contribution in [2.75, 3.05) is 33.4 Å². The van der Waals surface area contributed by atoms with Crippen molar-refractivity contribution < 1.29 is 9.47 Å². The molecule has 2 N–H and O–H groups in total. The van der Waals surface area contributed by atoms with E-state index in [1.165, 1.54) is 18.4 Å². The molecule has 1 aliphatic rings. The Morgan fingerprint density at radius 2 is 2.04 bits per heavy atom. The second-order valence-corrected chi connectivity index (χ2v) is 5.91. The van der Waals surface area contributed by atoms with Crippen LogP contribution >= 0.6 is 24.0 Å². The summed E-state index contributed by atoms with van der Waals surface area (Å²) in [6.45, 7) is 7.65. The lowest BCUT2D eigenvalue weighted by molar-refractivity contribution is 0.110. The van der Waals surface area contributed by atoms with Crippen LogP contribution in [0.15, 0.2) is 23.2 Å². The van der Waals surface area contributed by atoms with Gasteiger partial charge in [0.15, 0.2) is 5.96 Å². The number of ether oxygens (including phenoxy) is 2. The quantitative estimate of drug-likeness (QED) is 0.265. The Hall–Kier alpha value is -1.02. The molecule has 2 rings (SSSR count). The lowest BCUT2D eigenvalue weighted by Crippen LogP contribution is -2.37. The van der Waals surface area contributed by atoms with E-state index in [9.17, 15) is 0 Å². The molecule has 0 spiro atoms. The van der Waals surface area contributed by atoms with Crippen LogP contribution in [0.5, 0.6) is 5.75 Å². The molecule has 6 heteroatoms. The molecule has 0 atom stereocenters. The van der Waals surface area contributed by atoms with Crippen molar-refractivity contribution in [3.63, 3.8) is 0 Å². The molecule has 24 heavy (non-hydrogen) atoms. The summed E-state index contributed by atoms with van der Waals surface area (Å²) in [7, 11) is 1.80. The average Bonchev–Trinajstić information content (AvgIpc) is 3.37. The van der Waals surface area contributed by atoms with Gasteiger partial charge in [-0.3, -0.25) is 4.99 Å². The van der Waals surface area contributed by atoms with Crippen molar-refractivity contribution in [2.45, 2.75) is 33.2 Å². The SMILES string of the molecule is CCOCCOc1cc(C)ccc1CNC(=NC)NCC1CC1.I. The Kier molecular flexibility index (Phi) is 10.1. The van der Waals surface area contributed by atoms with Crippen molar-refractivity contribution in [3.8, 4) is 5.75 Å². The summed E-state index contributed by atoms with van der Waals surface area (Å²) in [4.78, 5) is 4.27. The Balaban J connectivity index is 0.00000288. The number of halogens is 1. The summed E-state index contributed by atoms with van der Waals surface area (Å²) in [5.74, 6) is 2.58. The molecule has 1 fully saturated rings. The first-order valence-electron chi connectivity index (χ1n) is 8.47. The molecule has 0 unspecified atom stereocenters. The van der Waals surface area contributed by atoms with E-state index in [0.717, 1.165) is 29.7 Å². The van der Waals surface area contributed by atoms with Gasteiger partial charge in [-0.2, -0.15) is 0 Å². The van der Waals surface area contributed by atoms with E-state index in [1.807, 2.05) is 6.92 Å². The third-order valence-corrected chi connectivity index (χ3v) is 3.84. The van der Waals surface area contributed by atoms with E-state index < -0.39 is 0 Å². The van der Waals surface area contributed by atoms with Crippen molar-refractivity contribution in [2.24, 2.45) is 10.9 Å². The number of aryl methyl sites for hydroxylation is 1. The Morgan fingerprint density at radius 1 is 1.25 bits per heavy atom. The second kappa shape index (κ2) is 11.5. The first-order chi connectivity index (χ1) is 11.2. The highest BCUT2D eigenvalue weighted by Gasteiger charge is 2.21. The molecule has 0 bridgehead atoms. The second-order valence-electron chi connectivity index (χ2n) is 5.91. The lowest BCUT2D eigenvalue weighted by atomic mass is 10.1. The smallest absolute Gasteiger partial charge is 0.191 e. The number of guanidine groups is 1. The molecule has 1 aromatic carbocycles. The first kappa shape index (κ1) is 21.0. The molecule has 1 saturated carbocycles. The minimum Gasteiger partial charge on any atom is -0.491 e. The summed E-state index contributed by atoms with van der Waals surface area (Å²) >= 11 is 0. The highest BCUT2D eigenvalue weighted by molar-refractivity contribution is 14.0. The molecule has 0 heterocycles. The first-order valence-corrected chi connectivity index (χ1v) is 8.47. The number of aliphatic imine (C=N–C) groups is 1. The van der Waals surface area contributed by atoms with Crippen LogP contribution in [-0.2, 0) is 11.3 Å². The van der Waals surface area contributed by atoms with Crippen LogP contribution in [-0.4, -0.2) is 39.4 Å². The van der Waals surface area contributed by atoms with Crippen molar-refractivity contribution >= 4 is 29.9 Å². The largest absolute Gasteiger partial charge is 0.491 e. The van der Waals surface area contributed by atoms with Crippen molar-refractivity contribution in [1.29, 1.82) is 0 Å². The average molecular weight is 447 g/mol. The maximum atomic E-state index is 5.87. The highest BCUT2D eigenvalue weighted by Crippen LogP contribution is 2.27. The summed E-state index contributed by atoms with van der Waals surface area (Å²) in [6.07, 6.45) is 2.67. The predicted octanol–water partition coefficient (Wildman–Crippen LogP) is 3.10. The van der Waals surface area contributed by atoms with Gasteiger partial charge in [0.2, 0.25) is 0 Å². The fraction of sp³-hybridized carbons (Fsp3) is 0.611. The number of nitrogens with zero attached hydrogens (tertiary/aromatic N) is 1. The maximum Gasteiger partial charge on any atom is 0.191 e. The Labute approximate surface area is 162 Å². The molecule has 1 aromatic rings. The van der Waals surface area contributed by atoms with Gasteiger partial charge in [0, 0.05) is 32.3 Å². The molecule has 0 saturated heterocycles. The van der Waals surface area contributed by atoms with Crippen LogP contribution in [0.2, 0.25) is 0 Å². The van der Waals surface area contributed by atoms with Crippen LogP contribution in [0, 0.1) is 12.8 Å². The third-order valence-electron chi connectivity index (χ3n) is 3.84. The summed E-state index contributed by atoms with van der Waals surface area (Å²) < 4.78 is 11.2. The van der Waals surface area contributed by atoms with Gasteiger partial charge in [-0.1, -0.05) is 12.1 Å². The minimum absolute atomic E-state index is 0. The summed E-state index contributed by atoms with van der Waals surface area (Å²) in [5, 5.41) is 6.73. The zero-order valence-corrected chi connectivity index (χ0v) is 17.3. The van der Waals surface area contributed by atoms with Crippen LogP contribution in [0.3, 0.4) is 0 Å². The number of hydrogen-bond donors (Lipinski definition) is 2. The zero-order valence-electron chi connectivity index (χ0n) is 14.9.